The standard InChI is InChI=1S/C16H19N3O4S2/c1-11-3-2-4-13(7-11)17-14(20)9-24-16-19-18-15(23-16)8-12-5-6-25(21,22)10-12/h2-4,7,12H,5-6,8-10H2,1H3,(H,17,20)/t12-/m1/s1. The molecule has 9 heteroatoms. The third-order valence-corrected chi connectivity index (χ3v) is 6.52. The number of hydrogen-bond donors (Lipinski definition) is 1. The molecule has 1 aromatic heterocycles. The molecule has 1 aliphatic rings. The van der Waals surface area contributed by atoms with Gasteiger partial charge in [0.05, 0.1) is 17.3 Å². The van der Waals surface area contributed by atoms with Gasteiger partial charge in [0.15, 0.2) is 9.84 Å². The van der Waals surface area contributed by atoms with E-state index in [0.29, 0.717) is 24.0 Å². The van der Waals surface area contributed by atoms with Gasteiger partial charge in [-0.3, -0.25) is 4.79 Å². The molecule has 0 unspecified atom stereocenters. The van der Waals surface area contributed by atoms with Crippen LogP contribution in [0.1, 0.15) is 17.9 Å². The summed E-state index contributed by atoms with van der Waals surface area (Å²) in [7, 11) is -2.91. The van der Waals surface area contributed by atoms with Crippen LogP contribution >= 0.6 is 11.8 Å². The number of benzene rings is 1. The van der Waals surface area contributed by atoms with Crippen LogP contribution in [0.3, 0.4) is 0 Å². The van der Waals surface area contributed by atoms with E-state index < -0.39 is 9.84 Å². The minimum Gasteiger partial charge on any atom is -0.416 e. The van der Waals surface area contributed by atoms with Gasteiger partial charge in [-0.2, -0.15) is 0 Å². The van der Waals surface area contributed by atoms with Crippen LogP contribution in [-0.4, -0.2) is 41.8 Å². The van der Waals surface area contributed by atoms with Crippen molar-refractivity contribution in [3.8, 4) is 0 Å². The quantitative estimate of drug-likeness (QED) is 0.764. The number of nitrogens with zero attached hydrogens (tertiary/aromatic N) is 2. The van der Waals surface area contributed by atoms with Crippen molar-refractivity contribution in [3.05, 3.63) is 35.7 Å². The Hall–Kier alpha value is -1.87. The second-order valence-corrected chi connectivity index (χ2v) is 9.30. The summed E-state index contributed by atoms with van der Waals surface area (Å²) in [4.78, 5) is 12.0. The molecule has 0 saturated carbocycles. The third-order valence-electron chi connectivity index (χ3n) is 3.87. The molecule has 2 aromatic rings. The minimum atomic E-state index is -2.91. The summed E-state index contributed by atoms with van der Waals surface area (Å²) >= 11 is 1.16. The Morgan fingerprint density at radius 1 is 1.40 bits per heavy atom. The zero-order valence-corrected chi connectivity index (χ0v) is 15.4. The fourth-order valence-corrected chi connectivity index (χ4v) is 5.15. The SMILES string of the molecule is Cc1cccc(NC(=O)CSc2nnc(C[C@H]3CCS(=O)(=O)C3)o2)c1. The van der Waals surface area contributed by atoms with Crippen molar-refractivity contribution >= 4 is 33.2 Å². The zero-order valence-electron chi connectivity index (χ0n) is 13.8. The number of amides is 1. The van der Waals surface area contributed by atoms with Crippen molar-refractivity contribution in [1.82, 2.24) is 10.2 Å². The van der Waals surface area contributed by atoms with Crippen molar-refractivity contribution in [3.63, 3.8) is 0 Å². The molecule has 1 aromatic carbocycles. The van der Waals surface area contributed by atoms with Gasteiger partial charge in [-0.1, -0.05) is 23.9 Å². The van der Waals surface area contributed by atoms with Crippen LogP contribution in [0.4, 0.5) is 5.69 Å². The van der Waals surface area contributed by atoms with Crippen LogP contribution in [0, 0.1) is 12.8 Å². The second-order valence-electron chi connectivity index (χ2n) is 6.14. The Bertz CT molecular complexity index is 864. The molecule has 0 bridgehead atoms. The number of carbonyl (C=O) groups is 1. The molecule has 1 fully saturated rings. The molecule has 1 N–H and O–H groups in total. The molecule has 1 amide bonds. The van der Waals surface area contributed by atoms with Crippen LogP contribution in [0.2, 0.25) is 0 Å². The van der Waals surface area contributed by atoms with Gasteiger partial charge in [0.2, 0.25) is 11.8 Å². The fraction of sp³-hybridized carbons (Fsp3) is 0.438. The Morgan fingerprint density at radius 2 is 2.24 bits per heavy atom. The summed E-state index contributed by atoms with van der Waals surface area (Å²) < 4.78 is 28.4. The summed E-state index contributed by atoms with van der Waals surface area (Å²) in [6.07, 6.45) is 1.09. The maximum Gasteiger partial charge on any atom is 0.277 e. The van der Waals surface area contributed by atoms with E-state index in [1.165, 1.54) is 0 Å². The highest BCUT2D eigenvalue weighted by atomic mass is 32.2. The number of thioether (sulfide) groups is 1. The van der Waals surface area contributed by atoms with E-state index >= 15 is 0 Å². The Kier molecular flexibility index (Phi) is 5.43. The molecule has 1 aliphatic heterocycles. The largest absolute Gasteiger partial charge is 0.416 e. The van der Waals surface area contributed by atoms with Gasteiger partial charge in [-0.25, -0.2) is 8.42 Å². The van der Waals surface area contributed by atoms with Crippen molar-refractivity contribution < 1.29 is 17.6 Å². The number of anilines is 1. The molecule has 3 rings (SSSR count). The molecular formula is C16H19N3O4S2. The van der Waals surface area contributed by atoms with Gasteiger partial charge in [0.1, 0.15) is 0 Å². The number of nitrogens with one attached hydrogen (secondary N) is 1. The van der Waals surface area contributed by atoms with E-state index in [1.54, 1.807) is 0 Å². The number of sulfone groups is 1. The van der Waals surface area contributed by atoms with Gasteiger partial charge in [0, 0.05) is 12.1 Å². The molecule has 1 atom stereocenters. The maximum absolute atomic E-state index is 12.0. The highest BCUT2D eigenvalue weighted by Gasteiger charge is 2.29. The predicted molar refractivity (Wildman–Crippen MR) is 95.3 cm³/mol. The third kappa shape index (κ3) is 5.30. The van der Waals surface area contributed by atoms with Gasteiger partial charge in [-0.05, 0) is 37.0 Å². The van der Waals surface area contributed by atoms with Crippen molar-refractivity contribution in [2.24, 2.45) is 5.92 Å². The molecule has 0 radical (unpaired) electrons. The first-order chi connectivity index (χ1) is 11.9. The number of aryl methyl sites for hydroxylation is 1. The van der Waals surface area contributed by atoms with Gasteiger partial charge < -0.3 is 9.73 Å². The minimum absolute atomic E-state index is 0.0351. The van der Waals surface area contributed by atoms with E-state index in [4.69, 9.17) is 4.42 Å². The Morgan fingerprint density at radius 3 is 2.96 bits per heavy atom. The molecule has 2 heterocycles. The normalized spacial score (nSPS) is 19.0. The highest BCUT2D eigenvalue weighted by Crippen LogP contribution is 2.24. The zero-order chi connectivity index (χ0) is 17.9. The van der Waals surface area contributed by atoms with Crippen LogP contribution in [0.25, 0.3) is 0 Å². The fourth-order valence-electron chi connectivity index (χ4n) is 2.71. The summed E-state index contributed by atoms with van der Waals surface area (Å²) in [5.74, 6) is 0.866. The smallest absolute Gasteiger partial charge is 0.277 e. The molecule has 0 spiro atoms. The molecule has 25 heavy (non-hydrogen) atoms. The topological polar surface area (TPSA) is 102 Å². The van der Waals surface area contributed by atoms with E-state index in [9.17, 15) is 13.2 Å². The first-order valence-electron chi connectivity index (χ1n) is 7.92. The van der Waals surface area contributed by atoms with E-state index in [-0.39, 0.29) is 29.1 Å². The van der Waals surface area contributed by atoms with Crippen LogP contribution < -0.4 is 5.32 Å². The van der Waals surface area contributed by atoms with Gasteiger partial charge in [-0.15, -0.1) is 10.2 Å². The number of carbonyl (C=O) groups excluding carboxylic acids is 1. The van der Waals surface area contributed by atoms with Gasteiger partial charge >= 0.3 is 0 Å². The molecule has 134 valence electrons. The van der Waals surface area contributed by atoms with Crippen LogP contribution in [0.5, 0.6) is 0 Å². The summed E-state index contributed by atoms with van der Waals surface area (Å²) in [6, 6.07) is 7.56. The first-order valence-corrected chi connectivity index (χ1v) is 10.7. The van der Waals surface area contributed by atoms with Crippen LogP contribution in [-0.2, 0) is 21.1 Å². The lowest BCUT2D eigenvalue weighted by molar-refractivity contribution is -0.113. The lowest BCUT2D eigenvalue weighted by Gasteiger charge is -2.04. The second kappa shape index (κ2) is 7.57. The predicted octanol–water partition coefficient (Wildman–Crippen LogP) is 2.09. The lowest BCUT2D eigenvalue weighted by Crippen LogP contribution is -2.13. The van der Waals surface area contributed by atoms with E-state index in [0.717, 1.165) is 23.0 Å². The lowest BCUT2D eigenvalue weighted by atomic mass is 10.1. The monoisotopic (exact) mass is 381 g/mol. The summed E-state index contributed by atoms with van der Waals surface area (Å²) in [5, 5.41) is 11.0. The average Bonchev–Trinajstić information content (AvgIpc) is 3.12. The number of aromatic nitrogens is 2. The van der Waals surface area contributed by atoms with Crippen molar-refractivity contribution in [2.45, 2.75) is 25.0 Å². The van der Waals surface area contributed by atoms with Crippen LogP contribution in [0.15, 0.2) is 33.9 Å². The van der Waals surface area contributed by atoms with E-state index in [2.05, 4.69) is 15.5 Å². The summed E-state index contributed by atoms with van der Waals surface area (Å²) in [5.41, 5.74) is 1.82. The highest BCUT2D eigenvalue weighted by molar-refractivity contribution is 7.99. The Labute approximate surface area is 150 Å². The summed E-state index contributed by atoms with van der Waals surface area (Å²) in [6.45, 7) is 1.96. The van der Waals surface area contributed by atoms with Crippen molar-refractivity contribution in [1.29, 1.82) is 0 Å². The first kappa shape index (κ1) is 17.9. The molecular weight excluding hydrogens is 362 g/mol. The average molecular weight is 381 g/mol. The Balaban J connectivity index is 1.47. The number of rotatable bonds is 6. The molecule has 1 saturated heterocycles. The maximum atomic E-state index is 12.0. The number of hydrogen-bond acceptors (Lipinski definition) is 7. The van der Waals surface area contributed by atoms with Crippen molar-refractivity contribution in [2.75, 3.05) is 22.6 Å². The molecule has 0 aliphatic carbocycles. The van der Waals surface area contributed by atoms with Gasteiger partial charge in [0.25, 0.3) is 5.22 Å². The van der Waals surface area contributed by atoms with E-state index in [1.807, 2.05) is 31.2 Å². The molecule has 7 nitrogen and oxygen atoms in total.